The van der Waals surface area contributed by atoms with Crippen LogP contribution in [0.2, 0.25) is 10.0 Å². The Balaban J connectivity index is 2.02. The first-order valence-electron chi connectivity index (χ1n) is 5.65. The van der Waals surface area contributed by atoms with Crippen molar-refractivity contribution in [1.29, 1.82) is 0 Å². The molecule has 0 fully saturated rings. The number of hydrogen-bond donors (Lipinski definition) is 0. The lowest BCUT2D eigenvalue weighted by molar-refractivity contribution is -0.130. The van der Waals surface area contributed by atoms with E-state index < -0.39 is 5.97 Å². The standard InChI is InChI=1S/C14H7Cl2NO3/c15-9-3-1-4-10(16)8(9)7-11-14(18)20-13(17-11)12-5-2-6-19-12/h1-7H/b11-7-. The van der Waals surface area contributed by atoms with Crippen LogP contribution < -0.4 is 0 Å². The molecule has 2 aromatic rings. The highest BCUT2D eigenvalue weighted by Crippen LogP contribution is 2.28. The summed E-state index contributed by atoms with van der Waals surface area (Å²) in [6, 6.07) is 8.40. The zero-order valence-electron chi connectivity index (χ0n) is 9.97. The second-order valence-corrected chi connectivity index (χ2v) is 4.76. The average molecular weight is 308 g/mol. The first-order chi connectivity index (χ1) is 9.65. The van der Waals surface area contributed by atoms with Gasteiger partial charge >= 0.3 is 5.97 Å². The average Bonchev–Trinajstić information content (AvgIpc) is 3.04. The minimum Gasteiger partial charge on any atom is -0.459 e. The lowest BCUT2D eigenvalue weighted by Crippen LogP contribution is -2.04. The van der Waals surface area contributed by atoms with Crippen molar-refractivity contribution in [3.63, 3.8) is 0 Å². The Morgan fingerprint density at radius 2 is 1.85 bits per heavy atom. The molecule has 2 heterocycles. The van der Waals surface area contributed by atoms with Gasteiger partial charge in [-0.05, 0) is 30.3 Å². The van der Waals surface area contributed by atoms with E-state index in [1.54, 1.807) is 30.3 Å². The second kappa shape index (κ2) is 5.15. The topological polar surface area (TPSA) is 51.8 Å². The Labute approximate surface area is 124 Å². The molecule has 1 aliphatic heterocycles. The van der Waals surface area contributed by atoms with Gasteiger partial charge in [-0.3, -0.25) is 0 Å². The van der Waals surface area contributed by atoms with Gasteiger partial charge in [-0.1, -0.05) is 29.3 Å². The third kappa shape index (κ3) is 2.35. The van der Waals surface area contributed by atoms with Gasteiger partial charge in [-0.2, -0.15) is 0 Å². The highest BCUT2D eigenvalue weighted by molar-refractivity contribution is 6.37. The predicted octanol–water partition coefficient (Wildman–Crippen LogP) is 3.93. The molecule has 20 heavy (non-hydrogen) atoms. The van der Waals surface area contributed by atoms with Crippen molar-refractivity contribution in [2.24, 2.45) is 4.99 Å². The molecular formula is C14H7Cl2NO3. The van der Waals surface area contributed by atoms with Crippen molar-refractivity contribution >= 4 is 41.1 Å². The highest BCUT2D eigenvalue weighted by Gasteiger charge is 2.26. The summed E-state index contributed by atoms with van der Waals surface area (Å²) >= 11 is 12.1. The molecule has 0 amide bonds. The monoisotopic (exact) mass is 307 g/mol. The summed E-state index contributed by atoms with van der Waals surface area (Å²) in [7, 11) is 0. The van der Waals surface area contributed by atoms with Crippen molar-refractivity contribution in [2.45, 2.75) is 0 Å². The van der Waals surface area contributed by atoms with Crippen molar-refractivity contribution < 1.29 is 13.9 Å². The number of ether oxygens (including phenoxy) is 1. The molecule has 1 aromatic heterocycles. The Bertz CT molecular complexity index is 713. The summed E-state index contributed by atoms with van der Waals surface area (Å²) in [4.78, 5) is 15.9. The molecule has 0 saturated carbocycles. The number of hydrogen-bond acceptors (Lipinski definition) is 4. The zero-order chi connectivity index (χ0) is 14.1. The number of cyclic esters (lactones) is 1. The largest absolute Gasteiger partial charge is 0.459 e. The molecule has 0 aliphatic carbocycles. The molecule has 4 nitrogen and oxygen atoms in total. The third-order valence-corrected chi connectivity index (χ3v) is 3.29. The van der Waals surface area contributed by atoms with Gasteiger partial charge in [0, 0.05) is 15.6 Å². The van der Waals surface area contributed by atoms with Crippen molar-refractivity contribution in [1.82, 2.24) is 0 Å². The Kier molecular flexibility index (Phi) is 3.34. The van der Waals surface area contributed by atoms with Crippen LogP contribution >= 0.6 is 23.2 Å². The summed E-state index contributed by atoms with van der Waals surface area (Å²) in [5.74, 6) is -0.0752. The zero-order valence-corrected chi connectivity index (χ0v) is 11.5. The Morgan fingerprint density at radius 1 is 1.10 bits per heavy atom. The quantitative estimate of drug-likeness (QED) is 0.624. The van der Waals surface area contributed by atoms with Crippen LogP contribution in [0.15, 0.2) is 51.7 Å². The number of nitrogens with zero attached hydrogens (tertiary/aromatic N) is 1. The fourth-order valence-electron chi connectivity index (χ4n) is 1.70. The summed E-state index contributed by atoms with van der Waals surface area (Å²) in [5, 5.41) is 0.860. The molecule has 0 spiro atoms. The molecule has 0 bridgehead atoms. The number of aliphatic imine (C=N–C) groups is 1. The number of carbonyl (C=O) groups is 1. The van der Waals surface area contributed by atoms with Gasteiger partial charge in [-0.15, -0.1) is 0 Å². The lowest BCUT2D eigenvalue weighted by atomic mass is 10.2. The van der Waals surface area contributed by atoms with Crippen LogP contribution in [0.5, 0.6) is 0 Å². The molecular weight excluding hydrogens is 301 g/mol. The van der Waals surface area contributed by atoms with Gasteiger partial charge in [0.25, 0.3) is 5.90 Å². The summed E-state index contributed by atoms with van der Waals surface area (Å²) in [6.45, 7) is 0. The van der Waals surface area contributed by atoms with Crippen molar-refractivity contribution in [3.05, 3.63) is 63.7 Å². The van der Waals surface area contributed by atoms with Crippen molar-refractivity contribution in [3.8, 4) is 0 Å². The van der Waals surface area contributed by atoms with E-state index in [-0.39, 0.29) is 11.6 Å². The molecule has 0 radical (unpaired) electrons. The summed E-state index contributed by atoms with van der Waals surface area (Å²) in [6.07, 6.45) is 2.96. The van der Waals surface area contributed by atoms with Crippen LogP contribution in [0.1, 0.15) is 11.3 Å². The molecule has 100 valence electrons. The van der Waals surface area contributed by atoms with Gasteiger partial charge < -0.3 is 9.15 Å². The van der Waals surface area contributed by atoms with E-state index in [0.29, 0.717) is 21.4 Å². The molecule has 1 aromatic carbocycles. The maximum absolute atomic E-state index is 11.8. The van der Waals surface area contributed by atoms with Crippen LogP contribution in [0.25, 0.3) is 6.08 Å². The molecule has 0 atom stereocenters. The van der Waals surface area contributed by atoms with E-state index >= 15 is 0 Å². The summed E-state index contributed by atoms with van der Waals surface area (Å²) in [5.41, 5.74) is 0.638. The van der Waals surface area contributed by atoms with Crippen LogP contribution in [-0.4, -0.2) is 11.9 Å². The Hall–Kier alpha value is -2.04. The second-order valence-electron chi connectivity index (χ2n) is 3.95. The number of benzene rings is 1. The van der Waals surface area contributed by atoms with E-state index in [2.05, 4.69) is 4.99 Å². The first kappa shape index (κ1) is 13.0. The van der Waals surface area contributed by atoms with Gasteiger partial charge in [-0.25, -0.2) is 9.79 Å². The number of carbonyl (C=O) groups excluding carboxylic acids is 1. The molecule has 0 N–H and O–H groups in total. The van der Waals surface area contributed by atoms with Crippen LogP contribution in [-0.2, 0) is 9.53 Å². The van der Waals surface area contributed by atoms with E-state index in [4.69, 9.17) is 32.4 Å². The number of esters is 1. The number of furan rings is 1. The van der Waals surface area contributed by atoms with Gasteiger partial charge in [0.15, 0.2) is 11.5 Å². The SMILES string of the molecule is O=C1OC(c2ccco2)=N/C1=C\c1c(Cl)cccc1Cl. The lowest BCUT2D eigenvalue weighted by Gasteiger charge is -2.00. The van der Waals surface area contributed by atoms with Crippen LogP contribution in [0, 0.1) is 0 Å². The van der Waals surface area contributed by atoms with Crippen molar-refractivity contribution in [2.75, 3.05) is 0 Å². The number of halogens is 2. The third-order valence-electron chi connectivity index (χ3n) is 2.63. The molecule has 6 heteroatoms. The number of rotatable bonds is 2. The van der Waals surface area contributed by atoms with E-state index in [1.165, 1.54) is 12.3 Å². The molecule has 0 saturated heterocycles. The molecule has 3 rings (SSSR count). The van der Waals surface area contributed by atoms with Crippen LogP contribution in [0.4, 0.5) is 0 Å². The Morgan fingerprint density at radius 3 is 2.50 bits per heavy atom. The van der Waals surface area contributed by atoms with Gasteiger partial charge in [0.05, 0.1) is 6.26 Å². The van der Waals surface area contributed by atoms with E-state index in [0.717, 1.165) is 0 Å². The van der Waals surface area contributed by atoms with E-state index in [9.17, 15) is 4.79 Å². The first-order valence-corrected chi connectivity index (χ1v) is 6.41. The maximum atomic E-state index is 11.8. The fraction of sp³-hybridized carbons (Fsp3) is 0. The van der Waals surface area contributed by atoms with Gasteiger partial charge in [0.2, 0.25) is 0 Å². The van der Waals surface area contributed by atoms with Crippen LogP contribution in [0.3, 0.4) is 0 Å². The summed E-state index contributed by atoms with van der Waals surface area (Å²) < 4.78 is 10.2. The smallest absolute Gasteiger partial charge is 0.363 e. The van der Waals surface area contributed by atoms with E-state index in [1.807, 2.05) is 0 Å². The predicted molar refractivity (Wildman–Crippen MR) is 75.8 cm³/mol. The minimum absolute atomic E-state index is 0.117. The fourth-order valence-corrected chi connectivity index (χ4v) is 2.21. The highest BCUT2D eigenvalue weighted by atomic mass is 35.5. The normalized spacial score (nSPS) is 16.4. The molecule has 0 unspecified atom stereocenters. The maximum Gasteiger partial charge on any atom is 0.363 e. The van der Waals surface area contributed by atoms with Gasteiger partial charge in [0.1, 0.15) is 0 Å². The minimum atomic E-state index is -0.576. The molecule has 1 aliphatic rings.